The topological polar surface area (TPSA) is 128 Å². The number of alkyl carbamates (subject to hydrolysis) is 1. The number of nitrogens with zero attached hydrogens (tertiary/aromatic N) is 1. The van der Waals surface area contributed by atoms with Crippen LogP contribution in [-0.2, 0) is 20.7 Å². The van der Waals surface area contributed by atoms with E-state index >= 15 is 0 Å². The molecule has 4 N–H and O–H groups in total. The number of rotatable bonds is 9. The molecular formula is C35H43N3O6. The van der Waals surface area contributed by atoms with E-state index in [4.69, 9.17) is 4.74 Å². The Morgan fingerprint density at radius 2 is 1.57 bits per heavy atom. The van der Waals surface area contributed by atoms with Crippen LogP contribution in [0.25, 0.3) is 0 Å². The van der Waals surface area contributed by atoms with Gasteiger partial charge in [-0.1, -0.05) is 43.3 Å². The van der Waals surface area contributed by atoms with E-state index in [2.05, 4.69) is 10.6 Å². The van der Waals surface area contributed by atoms with E-state index in [0.717, 1.165) is 11.1 Å². The fraction of sp³-hybridized carbons (Fsp3) is 0.400. The molecule has 9 nitrogen and oxygen atoms in total. The lowest BCUT2D eigenvalue weighted by Gasteiger charge is -2.35. The third kappa shape index (κ3) is 7.89. The fourth-order valence-corrected chi connectivity index (χ4v) is 5.36. The van der Waals surface area contributed by atoms with Crippen LogP contribution in [0.5, 0.6) is 11.5 Å². The SMILES string of the molecule is Cc1cc(C(C(=O)Nc2c(C)cccc2C)N(C(=O)C(Cc2ccc(O)cc2)NC(=O)OC(C)(C)C)C2CC2C)ccc1O. The highest BCUT2D eigenvalue weighted by Gasteiger charge is 2.48. The fourth-order valence-electron chi connectivity index (χ4n) is 5.36. The highest BCUT2D eigenvalue weighted by atomic mass is 16.6. The van der Waals surface area contributed by atoms with Crippen LogP contribution in [0.3, 0.4) is 0 Å². The number of phenols is 2. The number of hydrogen-bond acceptors (Lipinski definition) is 6. The van der Waals surface area contributed by atoms with Gasteiger partial charge in [0.1, 0.15) is 29.2 Å². The number of phenolic OH excluding ortho intramolecular Hbond substituents is 2. The van der Waals surface area contributed by atoms with Crippen molar-refractivity contribution in [1.29, 1.82) is 0 Å². The molecule has 1 aliphatic carbocycles. The van der Waals surface area contributed by atoms with Crippen molar-refractivity contribution in [2.45, 2.75) is 85.0 Å². The zero-order chi connectivity index (χ0) is 32.3. The second kappa shape index (κ2) is 13.0. The molecule has 9 heteroatoms. The lowest BCUT2D eigenvalue weighted by molar-refractivity contribution is -0.141. The number of benzene rings is 3. The van der Waals surface area contributed by atoms with Crippen LogP contribution in [0.15, 0.2) is 60.7 Å². The van der Waals surface area contributed by atoms with Crippen molar-refractivity contribution >= 4 is 23.6 Å². The number of amides is 3. The third-order valence-electron chi connectivity index (χ3n) is 7.84. The van der Waals surface area contributed by atoms with Crippen LogP contribution in [0, 0.1) is 26.7 Å². The summed E-state index contributed by atoms with van der Waals surface area (Å²) in [5, 5.41) is 25.9. The average Bonchev–Trinajstić information content (AvgIpc) is 3.66. The summed E-state index contributed by atoms with van der Waals surface area (Å²) in [6.45, 7) is 12.8. The van der Waals surface area contributed by atoms with Crippen molar-refractivity contribution < 1.29 is 29.3 Å². The Kier molecular flexibility index (Phi) is 9.56. The van der Waals surface area contributed by atoms with Crippen LogP contribution >= 0.6 is 0 Å². The van der Waals surface area contributed by atoms with Gasteiger partial charge in [-0.2, -0.15) is 0 Å². The summed E-state index contributed by atoms with van der Waals surface area (Å²) in [6, 6.07) is 14.7. The Bertz CT molecular complexity index is 1510. The first-order valence-corrected chi connectivity index (χ1v) is 14.9. The number of ether oxygens (including phenoxy) is 1. The van der Waals surface area contributed by atoms with Gasteiger partial charge in [-0.15, -0.1) is 0 Å². The van der Waals surface area contributed by atoms with Crippen molar-refractivity contribution in [3.05, 3.63) is 88.5 Å². The minimum absolute atomic E-state index is 0.0797. The average molecular weight is 602 g/mol. The maximum atomic E-state index is 14.7. The van der Waals surface area contributed by atoms with Crippen LogP contribution in [-0.4, -0.2) is 50.7 Å². The van der Waals surface area contributed by atoms with E-state index in [0.29, 0.717) is 28.8 Å². The molecule has 234 valence electrons. The molecule has 0 heterocycles. The largest absolute Gasteiger partial charge is 0.508 e. The molecule has 1 fully saturated rings. The lowest BCUT2D eigenvalue weighted by Crippen LogP contribution is -2.54. The maximum absolute atomic E-state index is 14.7. The highest BCUT2D eigenvalue weighted by Crippen LogP contribution is 2.42. The number of para-hydroxylation sites is 1. The zero-order valence-corrected chi connectivity index (χ0v) is 26.5. The predicted octanol–water partition coefficient (Wildman–Crippen LogP) is 6.08. The monoisotopic (exact) mass is 601 g/mol. The number of aromatic hydroxyl groups is 2. The Hall–Kier alpha value is -4.53. The van der Waals surface area contributed by atoms with Gasteiger partial charge in [0, 0.05) is 18.2 Å². The molecule has 0 bridgehead atoms. The van der Waals surface area contributed by atoms with Gasteiger partial charge in [0.25, 0.3) is 5.91 Å². The van der Waals surface area contributed by atoms with Crippen LogP contribution < -0.4 is 10.6 Å². The molecule has 44 heavy (non-hydrogen) atoms. The van der Waals surface area contributed by atoms with Crippen molar-refractivity contribution in [3.63, 3.8) is 0 Å². The zero-order valence-electron chi connectivity index (χ0n) is 26.5. The van der Waals surface area contributed by atoms with Gasteiger partial charge in [0.2, 0.25) is 5.91 Å². The maximum Gasteiger partial charge on any atom is 0.408 e. The molecule has 3 aromatic rings. The van der Waals surface area contributed by atoms with Crippen molar-refractivity contribution in [2.75, 3.05) is 5.32 Å². The predicted molar refractivity (Wildman–Crippen MR) is 170 cm³/mol. The minimum Gasteiger partial charge on any atom is -0.508 e. The molecule has 3 aromatic carbocycles. The first-order valence-electron chi connectivity index (χ1n) is 14.9. The summed E-state index contributed by atoms with van der Waals surface area (Å²) in [4.78, 5) is 43.6. The van der Waals surface area contributed by atoms with Crippen molar-refractivity contribution in [2.24, 2.45) is 5.92 Å². The molecule has 1 saturated carbocycles. The van der Waals surface area contributed by atoms with E-state index in [9.17, 15) is 24.6 Å². The molecule has 0 aromatic heterocycles. The van der Waals surface area contributed by atoms with E-state index in [-0.39, 0.29) is 29.9 Å². The van der Waals surface area contributed by atoms with E-state index < -0.39 is 35.6 Å². The van der Waals surface area contributed by atoms with E-state index in [1.807, 2.05) is 39.0 Å². The molecular weight excluding hydrogens is 558 g/mol. The van der Waals surface area contributed by atoms with Gasteiger partial charge >= 0.3 is 6.09 Å². The lowest BCUT2D eigenvalue weighted by atomic mass is 9.98. The molecule has 1 aliphatic rings. The quantitative estimate of drug-likeness (QED) is 0.236. The standard InChI is InChI=1S/C35H43N3O6/c1-20-9-8-10-21(2)30(20)37-32(41)31(25-13-16-29(40)23(4)17-25)38(28-18-22(28)3)33(42)27(36-34(43)44-35(5,6)7)19-24-11-14-26(39)15-12-24/h8-17,22,27-28,31,39-40H,18-19H2,1-7H3,(H,36,43)(H,37,41). The van der Waals surface area contributed by atoms with Gasteiger partial charge < -0.3 is 30.5 Å². The first kappa shape index (κ1) is 32.4. The number of nitrogens with one attached hydrogen (secondary N) is 2. The molecule has 3 amide bonds. The molecule has 0 aliphatic heterocycles. The Labute approximate surface area is 259 Å². The summed E-state index contributed by atoms with van der Waals surface area (Å²) in [7, 11) is 0. The molecule has 4 atom stereocenters. The van der Waals surface area contributed by atoms with Gasteiger partial charge in [-0.05, 0) is 106 Å². The van der Waals surface area contributed by atoms with Crippen molar-refractivity contribution in [1.82, 2.24) is 10.2 Å². The number of hydrogen-bond donors (Lipinski definition) is 4. The summed E-state index contributed by atoms with van der Waals surface area (Å²) < 4.78 is 5.51. The Morgan fingerprint density at radius 1 is 0.955 bits per heavy atom. The molecule has 0 spiro atoms. The first-order chi connectivity index (χ1) is 20.6. The molecule has 0 radical (unpaired) electrons. The minimum atomic E-state index is -1.07. The Morgan fingerprint density at radius 3 is 2.11 bits per heavy atom. The van der Waals surface area contributed by atoms with E-state index in [1.54, 1.807) is 56.9 Å². The number of anilines is 1. The Balaban J connectivity index is 1.79. The summed E-state index contributed by atoms with van der Waals surface area (Å²) in [6.07, 6.45) is 0.0416. The number of carbonyl (C=O) groups is 3. The number of carbonyl (C=O) groups excluding carboxylic acids is 3. The van der Waals surface area contributed by atoms with Gasteiger partial charge in [0.15, 0.2) is 0 Å². The molecule has 0 saturated heterocycles. The van der Waals surface area contributed by atoms with Gasteiger partial charge in [0.05, 0.1) is 0 Å². The third-order valence-corrected chi connectivity index (χ3v) is 7.84. The summed E-state index contributed by atoms with van der Waals surface area (Å²) >= 11 is 0. The van der Waals surface area contributed by atoms with Gasteiger partial charge in [-0.3, -0.25) is 9.59 Å². The number of aryl methyl sites for hydroxylation is 3. The van der Waals surface area contributed by atoms with Crippen LogP contribution in [0.4, 0.5) is 10.5 Å². The smallest absolute Gasteiger partial charge is 0.408 e. The second-order valence-electron chi connectivity index (χ2n) is 12.8. The second-order valence-corrected chi connectivity index (χ2v) is 12.8. The van der Waals surface area contributed by atoms with E-state index in [1.165, 1.54) is 18.2 Å². The summed E-state index contributed by atoms with van der Waals surface area (Å²) in [5.74, 6) is -0.553. The van der Waals surface area contributed by atoms with Crippen LogP contribution in [0.1, 0.15) is 68.0 Å². The summed E-state index contributed by atoms with van der Waals surface area (Å²) in [5.41, 5.74) is 3.45. The molecule has 4 rings (SSSR count). The van der Waals surface area contributed by atoms with Gasteiger partial charge in [-0.25, -0.2) is 4.79 Å². The highest BCUT2D eigenvalue weighted by molar-refractivity contribution is 6.00. The van der Waals surface area contributed by atoms with Crippen molar-refractivity contribution in [3.8, 4) is 11.5 Å². The molecule has 4 unspecified atom stereocenters. The normalized spacial score (nSPS) is 17.2. The van der Waals surface area contributed by atoms with Crippen LogP contribution in [0.2, 0.25) is 0 Å².